The van der Waals surface area contributed by atoms with Crippen LogP contribution in [0.4, 0.5) is 11.4 Å². The van der Waals surface area contributed by atoms with Crippen LogP contribution in [0.1, 0.15) is 10.4 Å². The van der Waals surface area contributed by atoms with Crippen molar-refractivity contribution >= 4 is 32.7 Å². The summed E-state index contributed by atoms with van der Waals surface area (Å²) in [7, 11) is -3.87. The molecule has 0 bridgehead atoms. The first-order chi connectivity index (χ1) is 9.85. The van der Waals surface area contributed by atoms with Crippen molar-refractivity contribution in [2.45, 2.75) is 11.1 Å². The number of nitro benzene ring substituents is 1. The van der Waals surface area contributed by atoms with Crippen molar-refractivity contribution in [3.63, 3.8) is 0 Å². The number of nitrogens with zero attached hydrogens (tertiary/aromatic N) is 2. The molecule has 0 saturated heterocycles. The Morgan fingerprint density at radius 2 is 2.05 bits per heavy atom. The average Bonchev–Trinajstić information content (AvgIpc) is 2.90. The largest absolute Gasteiger partial charge is 0.278 e. The Balaban J connectivity index is 2.40. The Hall–Kier alpha value is -2.44. The van der Waals surface area contributed by atoms with Crippen LogP contribution in [0, 0.1) is 28.4 Å². The van der Waals surface area contributed by atoms with Crippen LogP contribution in [0.2, 0.25) is 0 Å². The Morgan fingerprint density at radius 3 is 2.62 bits per heavy atom. The maximum Gasteiger partial charge on any atom is 0.274 e. The maximum absolute atomic E-state index is 12.2. The van der Waals surface area contributed by atoms with Crippen LogP contribution in [0.15, 0.2) is 34.5 Å². The molecule has 1 N–H and O–H groups in total. The van der Waals surface area contributed by atoms with E-state index < -0.39 is 14.9 Å². The van der Waals surface area contributed by atoms with Crippen molar-refractivity contribution in [3.05, 3.63) is 50.9 Å². The molecule has 2 rings (SSSR count). The Labute approximate surface area is 124 Å². The van der Waals surface area contributed by atoms with Gasteiger partial charge in [0.1, 0.15) is 15.2 Å². The van der Waals surface area contributed by atoms with Crippen LogP contribution in [-0.2, 0) is 10.0 Å². The summed E-state index contributed by atoms with van der Waals surface area (Å²) < 4.78 is 26.6. The van der Waals surface area contributed by atoms with Gasteiger partial charge in [0, 0.05) is 6.07 Å². The lowest BCUT2D eigenvalue weighted by Crippen LogP contribution is -2.12. The molecular formula is C12H9N3O4S2. The van der Waals surface area contributed by atoms with Gasteiger partial charge in [-0.3, -0.25) is 14.8 Å². The van der Waals surface area contributed by atoms with E-state index in [9.17, 15) is 18.5 Å². The minimum Gasteiger partial charge on any atom is -0.278 e. The molecule has 0 saturated carbocycles. The van der Waals surface area contributed by atoms with Crippen LogP contribution in [0.5, 0.6) is 0 Å². The van der Waals surface area contributed by atoms with E-state index in [-0.39, 0.29) is 26.0 Å². The van der Waals surface area contributed by atoms with Crippen molar-refractivity contribution in [2.75, 3.05) is 4.72 Å². The third-order valence-electron chi connectivity index (χ3n) is 2.70. The van der Waals surface area contributed by atoms with Crippen LogP contribution in [0.25, 0.3) is 0 Å². The molecule has 0 unspecified atom stereocenters. The summed E-state index contributed by atoms with van der Waals surface area (Å²) in [5, 5.41) is 19.6. The number of hydrogen-bond donors (Lipinski definition) is 1. The number of benzene rings is 1. The molecule has 1 heterocycles. The molecule has 0 fully saturated rings. The molecule has 0 atom stereocenters. The highest BCUT2D eigenvalue weighted by Crippen LogP contribution is 2.29. The van der Waals surface area contributed by atoms with E-state index in [1.54, 1.807) is 0 Å². The molecule has 21 heavy (non-hydrogen) atoms. The summed E-state index contributed by atoms with van der Waals surface area (Å²) in [6.45, 7) is 1.46. The number of anilines is 1. The van der Waals surface area contributed by atoms with Crippen molar-refractivity contribution in [3.8, 4) is 6.07 Å². The van der Waals surface area contributed by atoms with E-state index >= 15 is 0 Å². The lowest BCUT2D eigenvalue weighted by Gasteiger charge is -2.09. The fourth-order valence-electron chi connectivity index (χ4n) is 1.65. The first-order valence-electron chi connectivity index (χ1n) is 5.62. The number of thiophene rings is 1. The fraction of sp³-hybridized carbons (Fsp3) is 0.0833. The predicted molar refractivity (Wildman–Crippen MR) is 77.7 cm³/mol. The molecule has 1 aromatic carbocycles. The van der Waals surface area contributed by atoms with Gasteiger partial charge in [-0.2, -0.15) is 5.26 Å². The molecule has 0 spiro atoms. The predicted octanol–water partition coefficient (Wildman–Crippen LogP) is 2.64. The van der Waals surface area contributed by atoms with Gasteiger partial charge in [-0.25, -0.2) is 8.42 Å². The molecule has 0 aliphatic carbocycles. The maximum atomic E-state index is 12.2. The van der Waals surface area contributed by atoms with Crippen molar-refractivity contribution in [1.29, 1.82) is 5.26 Å². The zero-order chi connectivity index (χ0) is 15.6. The van der Waals surface area contributed by atoms with Gasteiger partial charge in [0.15, 0.2) is 0 Å². The van der Waals surface area contributed by atoms with E-state index in [4.69, 9.17) is 5.26 Å². The van der Waals surface area contributed by atoms with Crippen molar-refractivity contribution in [1.82, 2.24) is 0 Å². The second-order valence-corrected chi connectivity index (χ2v) is 7.04. The summed E-state index contributed by atoms with van der Waals surface area (Å²) >= 11 is 0.830. The quantitative estimate of drug-likeness (QED) is 0.686. The number of rotatable bonds is 4. The summed E-state index contributed by atoms with van der Waals surface area (Å²) in [4.78, 5) is 10.5. The van der Waals surface area contributed by atoms with E-state index in [0.717, 1.165) is 11.3 Å². The highest BCUT2D eigenvalue weighted by molar-refractivity contribution is 7.94. The zero-order valence-electron chi connectivity index (χ0n) is 10.7. The second kappa shape index (κ2) is 5.51. The first kappa shape index (κ1) is 15.0. The standard InChI is InChI=1S/C12H9N3O4S2/c1-8-10(3-2-4-11(8)15(16)17)14-21(18,19)12-6-5-9(7-13)20-12/h2-6,14H,1H3. The normalized spacial score (nSPS) is 10.9. The van der Waals surface area contributed by atoms with E-state index in [1.165, 1.54) is 37.3 Å². The molecular weight excluding hydrogens is 314 g/mol. The second-order valence-electron chi connectivity index (χ2n) is 4.04. The molecule has 2 aromatic rings. The van der Waals surface area contributed by atoms with Gasteiger partial charge in [-0.05, 0) is 25.1 Å². The fourth-order valence-corrected chi connectivity index (χ4v) is 3.88. The third-order valence-corrected chi connectivity index (χ3v) is 5.55. The zero-order valence-corrected chi connectivity index (χ0v) is 12.4. The lowest BCUT2D eigenvalue weighted by molar-refractivity contribution is -0.385. The summed E-state index contributed by atoms with van der Waals surface area (Å²) in [6.07, 6.45) is 0. The van der Waals surface area contributed by atoms with Crippen molar-refractivity contribution in [2.24, 2.45) is 0 Å². The molecule has 7 nitrogen and oxygen atoms in total. The summed E-state index contributed by atoms with van der Waals surface area (Å²) in [6, 6.07) is 8.72. The monoisotopic (exact) mass is 323 g/mol. The van der Waals surface area contributed by atoms with E-state index in [2.05, 4.69) is 4.72 Å². The number of sulfonamides is 1. The topological polar surface area (TPSA) is 113 Å². The molecule has 1 aromatic heterocycles. The van der Waals surface area contributed by atoms with Crippen molar-refractivity contribution < 1.29 is 13.3 Å². The van der Waals surface area contributed by atoms with Crippen LogP contribution >= 0.6 is 11.3 Å². The molecule has 108 valence electrons. The number of hydrogen-bond acceptors (Lipinski definition) is 6. The number of nitriles is 1. The van der Waals surface area contributed by atoms with Gasteiger partial charge in [-0.15, -0.1) is 11.3 Å². The smallest absolute Gasteiger partial charge is 0.274 e. The SMILES string of the molecule is Cc1c(NS(=O)(=O)c2ccc(C#N)s2)cccc1[N+](=O)[O-]. The highest BCUT2D eigenvalue weighted by Gasteiger charge is 2.20. The number of nitrogens with one attached hydrogen (secondary N) is 1. The Bertz CT molecular complexity index is 850. The van der Waals surface area contributed by atoms with E-state index in [1.807, 2.05) is 6.07 Å². The first-order valence-corrected chi connectivity index (χ1v) is 7.92. The average molecular weight is 323 g/mol. The lowest BCUT2D eigenvalue weighted by atomic mass is 10.2. The molecule has 0 amide bonds. The summed E-state index contributed by atoms with van der Waals surface area (Å²) in [5.74, 6) is 0. The number of nitro groups is 1. The van der Waals surface area contributed by atoms with Gasteiger partial charge in [0.2, 0.25) is 0 Å². The molecule has 0 aliphatic heterocycles. The van der Waals surface area contributed by atoms with Gasteiger partial charge in [0.25, 0.3) is 15.7 Å². The minimum absolute atomic E-state index is 0.0232. The van der Waals surface area contributed by atoms with Gasteiger partial charge < -0.3 is 0 Å². The van der Waals surface area contributed by atoms with E-state index in [0.29, 0.717) is 0 Å². The molecule has 0 radical (unpaired) electrons. The van der Waals surface area contributed by atoms with Crippen LogP contribution in [0.3, 0.4) is 0 Å². The third kappa shape index (κ3) is 3.01. The minimum atomic E-state index is -3.87. The van der Waals surface area contributed by atoms with Gasteiger partial charge in [0.05, 0.1) is 16.2 Å². The van der Waals surface area contributed by atoms with Gasteiger partial charge in [-0.1, -0.05) is 6.07 Å². The highest BCUT2D eigenvalue weighted by atomic mass is 32.2. The van der Waals surface area contributed by atoms with Crippen LogP contribution in [-0.4, -0.2) is 13.3 Å². The van der Waals surface area contributed by atoms with Gasteiger partial charge >= 0.3 is 0 Å². The molecule has 9 heteroatoms. The van der Waals surface area contributed by atoms with Crippen LogP contribution < -0.4 is 4.72 Å². The Morgan fingerprint density at radius 1 is 1.33 bits per heavy atom. The summed E-state index contributed by atoms with van der Waals surface area (Å²) in [5.41, 5.74) is 0.193. The molecule has 0 aliphatic rings. The Kier molecular flexibility index (Phi) is 3.93.